The van der Waals surface area contributed by atoms with Gasteiger partial charge < -0.3 is 10.3 Å². The Kier molecular flexibility index (Phi) is 5.48. The molecule has 2 N–H and O–H groups in total. The van der Waals surface area contributed by atoms with E-state index in [9.17, 15) is 4.79 Å². The van der Waals surface area contributed by atoms with E-state index in [0.717, 1.165) is 44.6 Å². The number of halogens is 2. The minimum absolute atomic E-state index is 0.0971. The monoisotopic (exact) mass is 469 g/mol. The number of benzene rings is 1. The van der Waals surface area contributed by atoms with Gasteiger partial charge >= 0.3 is 0 Å². The molecule has 156 valence electrons. The van der Waals surface area contributed by atoms with Gasteiger partial charge in [-0.15, -0.1) is 11.3 Å². The third-order valence-corrected chi connectivity index (χ3v) is 6.90. The molecule has 9 heteroatoms. The summed E-state index contributed by atoms with van der Waals surface area (Å²) in [5.74, 6) is 1.03. The number of imidazole rings is 1. The Hall–Kier alpha value is -2.74. The van der Waals surface area contributed by atoms with E-state index in [1.54, 1.807) is 30.7 Å². The number of rotatable bonds is 4. The Labute approximate surface area is 192 Å². The number of aromatic nitrogens is 4. The number of hydrogen-bond acceptors (Lipinski definition) is 5. The van der Waals surface area contributed by atoms with Gasteiger partial charge in [0.05, 0.1) is 15.6 Å². The minimum atomic E-state index is 0.0971. The van der Waals surface area contributed by atoms with Crippen LogP contribution in [0.25, 0.3) is 32.5 Å². The summed E-state index contributed by atoms with van der Waals surface area (Å²) in [7, 11) is 0. The van der Waals surface area contributed by atoms with Crippen LogP contribution in [0.3, 0.4) is 0 Å². The molecule has 0 spiro atoms. The van der Waals surface area contributed by atoms with E-state index >= 15 is 0 Å². The van der Waals surface area contributed by atoms with Gasteiger partial charge in [-0.3, -0.25) is 9.78 Å². The lowest BCUT2D eigenvalue weighted by atomic mass is 9.94. The molecule has 1 unspecified atom stereocenters. The summed E-state index contributed by atoms with van der Waals surface area (Å²) >= 11 is 14.1. The number of amides is 1. The quantitative estimate of drug-likeness (QED) is 0.409. The van der Waals surface area contributed by atoms with Crippen molar-refractivity contribution >= 4 is 40.4 Å². The van der Waals surface area contributed by atoms with E-state index in [1.165, 1.54) is 11.3 Å². The SMILES string of the molecule is O=C1CCC(c2cc(-c3nc(-c4ccc(Cl)cc4Cl)c(-c4ncc[nH]4)s3)ccn2)CN1. The van der Waals surface area contributed by atoms with E-state index in [0.29, 0.717) is 23.0 Å². The predicted molar refractivity (Wildman–Crippen MR) is 123 cm³/mol. The Morgan fingerprint density at radius 1 is 1.10 bits per heavy atom. The largest absolute Gasteiger partial charge is 0.355 e. The molecular formula is C22H17Cl2N5OS. The molecule has 4 aromatic rings. The molecule has 0 aliphatic carbocycles. The molecule has 1 saturated heterocycles. The Morgan fingerprint density at radius 2 is 2.00 bits per heavy atom. The Balaban J connectivity index is 1.58. The van der Waals surface area contributed by atoms with Crippen LogP contribution in [-0.2, 0) is 4.79 Å². The fraction of sp³-hybridized carbons (Fsp3) is 0.182. The molecule has 3 aromatic heterocycles. The van der Waals surface area contributed by atoms with Crippen molar-refractivity contribution in [1.29, 1.82) is 0 Å². The Bertz CT molecular complexity index is 1240. The van der Waals surface area contributed by atoms with Crippen LogP contribution in [0.4, 0.5) is 0 Å². The van der Waals surface area contributed by atoms with Crippen molar-refractivity contribution in [1.82, 2.24) is 25.3 Å². The number of nitrogens with zero attached hydrogens (tertiary/aromatic N) is 3. The van der Waals surface area contributed by atoms with Crippen molar-refractivity contribution in [2.24, 2.45) is 0 Å². The molecule has 5 rings (SSSR count). The highest BCUT2D eigenvalue weighted by atomic mass is 35.5. The van der Waals surface area contributed by atoms with Crippen LogP contribution in [0.5, 0.6) is 0 Å². The number of nitrogens with one attached hydrogen (secondary N) is 2. The number of H-pyrrole nitrogens is 1. The first-order valence-corrected chi connectivity index (χ1v) is 11.3. The van der Waals surface area contributed by atoms with Crippen LogP contribution >= 0.6 is 34.5 Å². The summed E-state index contributed by atoms with van der Waals surface area (Å²) in [5, 5.41) is 4.87. The molecule has 4 heterocycles. The van der Waals surface area contributed by atoms with Crippen molar-refractivity contribution in [2.75, 3.05) is 6.54 Å². The zero-order chi connectivity index (χ0) is 21.4. The second-order valence-electron chi connectivity index (χ2n) is 7.27. The van der Waals surface area contributed by atoms with Gasteiger partial charge in [0.2, 0.25) is 5.91 Å². The van der Waals surface area contributed by atoms with E-state index in [-0.39, 0.29) is 11.8 Å². The second kappa shape index (κ2) is 8.42. The fourth-order valence-corrected chi connectivity index (χ4v) is 5.18. The number of thiazole rings is 1. The van der Waals surface area contributed by atoms with Gasteiger partial charge in [-0.1, -0.05) is 23.2 Å². The van der Waals surface area contributed by atoms with Gasteiger partial charge in [-0.2, -0.15) is 0 Å². The van der Waals surface area contributed by atoms with E-state index in [4.69, 9.17) is 28.2 Å². The summed E-state index contributed by atoms with van der Waals surface area (Å²) in [4.78, 5) is 29.4. The van der Waals surface area contributed by atoms with Gasteiger partial charge in [0.25, 0.3) is 0 Å². The maximum absolute atomic E-state index is 11.5. The summed E-state index contributed by atoms with van der Waals surface area (Å²) in [5.41, 5.74) is 3.47. The average Bonchev–Trinajstić information content (AvgIpc) is 3.44. The van der Waals surface area contributed by atoms with Crippen LogP contribution in [-0.4, -0.2) is 32.4 Å². The first kappa shape index (κ1) is 20.2. The van der Waals surface area contributed by atoms with E-state index in [1.807, 2.05) is 12.1 Å². The van der Waals surface area contributed by atoms with Crippen molar-refractivity contribution in [2.45, 2.75) is 18.8 Å². The minimum Gasteiger partial charge on any atom is -0.355 e. The number of carbonyl (C=O) groups excluding carboxylic acids is 1. The molecule has 1 aromatic carbocycles. The molecule has 1 amide bonds. The van der Waals surface area contributed by atoms with Gasteiger partial charge in [-0.05, 0) is 36.8 Å². The molecular weight excluding hydrogens is 453 g/mol. The smallest absolute Gasteiger partial charge is 0.220 e. The standard InChI is InChI=1S/C22H17Cl2N5OS/c23-14-2-3-15(16(24)10-14)19-20(21-26-7-8-27-21)31-22(29-19)12-5-6-25-17(9-12)13-1-4-18(30)28-11-13/h2-3,5-10,13H,1,4,11H2,(H,26,27)(H,28,30). The van der Waals surface area contributed by atoms with Crippen LogP contribution < -0.4 is 5.32 Å². The van der Waals surface area contributed by atoms with Gasteiger partial charge in [0, 0.05) is 59.3 Å². The molecule has 0 saturated carbocycles. The molecule has 1 aliphatic rings. The molecule has 1 atom stereocenters. The third kappa shape index (κ3) is 4.08. The van der Waals surface area contributed by atoms with Crippen molar-refractivity contribution < 1.29 is 4.79 Å². The highest BCUT2D eigenvalue weighted by Crippen LogP contribution is 2.42. The van der Waals surface area contributed by atoms with Crippen LogP contribution in [0.2, 0.25) is 10.0 Å². The topological polar surface area (TPSA) is 83.6 Å². The van der Waals surface area contributed by atoms with Gasteiger partial charge in [0.15, 0.2) is 0 Å². The van der Waals surface area contributed by atoms with Crippen molar-refractivity contribution in [3.8, 4) is 32.5 Å². The molecule has 1 aliphatic heterocycles. The maximum Gasteiger partial charge on any atom is 0.220 e. The lowest BCUT2D eigenvalue weighted by Gasteiger charge is -2.22. The highest BCUT2D eigenvalue weighted by Gasteiger charge is 2.23. The van der Waals surface area contributed by atoms with E-state index < -0.39 is 0 Å². The van der Waals surface area contributed by atoms with Crippen LogP contribution in [0, 0.1) is 0 Å². The zero-order valence-electron chi connectivity index (χ0n) is 16.2. The number of piperidine rings is 1. The maximum atomic E-state index is 11.5. The molecule has 31 heavy (non-hydrogen) atoms. The predicted octanol–water partition coefficient (Wildman–Crippen LogP) is 5.56. The molecule has 0 bridgehead atoms. The molecule has 0 radical (unpaired) electrons. The summed E-state index contributed by atoms with van der Waals surface area (Å²) < 4.78 is 0. The summed E-state index contributed by atoms with van der Waals surface area (Å²) in [6.07, 6.45) is 6.61. The second-order valence-corrected chi connectivity index (χ2v) is 9.11. The summed E-state index contributed by atoms with van der Waals surface area (Å²) in [6, 6.07) is 9.39. The summed E-state index contributed by atoms with van der Waals surface area (Å²) in [6.45, 7) is 0.608. The van der Waals surface area contributed by atoms with Gasteiger partial charge in [0.1, 0.15) is 10.8 Å². The zero-order valence-corrected chi connectivity index (χ0v) is 18.6. The molecule has 6 nitrogen and oxygen atoms in total. The molecule has 1 fully saturated rings. The van der Waals surface area contributed by atoms with Crippen LogP contribution in [0.15, 0.2) is 48.9 Å². The van der Waals surface area contributed by atoms with Crippen molar-refractivity contribution in [3.05, 3.63) is 64.7 Å². The number of hydrogen-bond donors (Lipinski definition) is 2. The van der Waals surface area contributed by atoms with Crippen LogP contribution in [0.1, 0.15) is 24.5 Å². The number of aromatic amines is 1. The van der Waals surface area contributed by atoms with Gasteiger partial charge in [-0.25, -0.2) is 9.97 Å². The normalized spacial score (nSPS) is 16.3. The average molecular weight is 470 g/mol. The Morgan fingerprint density at radius 3 is 2.74 bits per heavy atom. The first-order valence-electron chi connectivity index (χ1n) is 9.77. The lowest BCUT2D eigenvalue weighted by molar-refractivity contribution is -0.122. The van der Waals surface area contributed by atoms with E-state index in [2.05, 4.69) is 26.3 Å². The van der Waals surface area contributed by atoms with Crippen molar-refractivity contribution in [3.63, 3.8) is 0 Å². The highest BCUT2D eigenvalue weighted by molar-refractivity contribution is 7.18. The number of carbonyl (C=O) groups is 1. The third-order valence-electron chi connectivity index (χ3n) is 5.24. The lowest BCUT2D eigenvalue weighted by Crippen LogP contribution is -2.33. The first-order chi connectivity index (χ1) is 15.1. The fourth-order valence-electron chi connectivity index (χ4n) is 3.65. The number of pyridine rings is 1.